The zero-order chi connectivity index (χ0) is 13.1. The van der Waals surface area contributed by atoms with Gasteiger partial charge in [0.2, 0.25) is 0 Å². The first-order valence-corrected chi connectivity index (χ1v) is 7.75. The molecule has 3 unspecified atom stereocenters. The second kappa shape index (κ2) is 3.77. The maximum atomic E-state index is 5.31. The van der Waals surface area contributed by atoms with Crippen LogP contribution in [0.1, 0.15) is 51.0 Å². The highest BCUT2D eigenvalue weighted by Crippen LogP contribution is 2.65. The molecular weight excluding hydrogens is 232 g/mol. The van der Waals surface area contributed by atoms with Gasteiger partial charge in [0.1, 0.15) is 5.75 Å². The van der Waals surface area contributed by atoms with E-state index < -0.39 is 0 Å². The molecular formula is C18H24O. The standard InChI is InChI=1S/C18H24O/c1-17-8-13-7-14(9-17)11-18(10-13,12-17)15-3-5-16(19-2)6-4-15/h3-6,13-14H,7-12H2,1-2H3/t13-,14?,17?,18?/m0/s1. The van der Waals surface area contributed by atoms with Crippen LogP contribution >= 0.6 is 0 Å². The Morgan fingerprint density at radius 3 is 2.16 bits per heavy atom. The van der Waals surface area contributed by atoms with Gasteiger partial charge in [-0.15, -0.1) is 0 Å². The van der Waals surface area contributed by atoms with Crippen LogP contribution in [-0.4, -0.2) is 7.11 Å². The normalized spacial score (nSPS) is 43.5. The fourth-order valence-electron chi connectivity index (χ4n) is 6.00. The molecule has 1 nitrogen and oxygen atoms in total. The minimum atomic E-state index is 0.491. The van der Waals surface area contributed by atoms with E-state index in [4.69, 9.17) is 4.74 Å². The van der Waals surface area contributed by atoms with Crippen LogP contribution in [0.5, 0.6) is 5.75 Å². The maximum Gasteiger partial charge on any atom is 0.118 e. The largest absolute Gasteiger partial charge is 0.497 e. The average molecular weight is 256 g/mol. The predicted octanol–water partition coefficient (Wildman–Crippen LogP) is 4.55. The summed E-state index contributed by atoms with van der Waals surface area (Å²) in [6.45, 7) is 2.54. The molecule has 4 bridgehead atoms. The minimum Gasteiger partial charge on any atom is -0.497 e. The van der Waals surface area contributed by atoms with Crippen LogP contribution in [0.2, 0.25) is 0 Å². The van der Waals surface area contributed by atoms with E-state index in [-0.39, 0.29) is 0 Å². The van der Waals surface area contributed by atoms with E-state index in [1.807, 2.05) is 0 Å². The van der Waals surface area contributed by atoms with Crippen LogP contribution in [0.4, 0.5) is 0 Å². The molecule has 1 aromatic rings. The summed E-state index contributed by atoms with van der Waals surface area (Å²) in [7, 11) is 1.75. The van der Waals surface area contributed by atoms with Crippen LogP contribution in [0.15, 0.2) is 24.3 Å². The number of rotatable bonds is 2. The molecule has 1 aromatic carbocycles. The quantitative estimate of drug-likeness (QED) is 0.754. The van der Waals surface area contributed by atoms with E-state index in [9.17, 15) is 0 Å². The van der Waals surface area contributed by atoms with Crippen LogP contribution in [0, 0.1) is 17.3 Å². The first-order valence-electron chi connectivity index (χ1n) is 7.75. The van der Waals surface area contributed by atoms with Crippen molar-refractivity contribution < 1.29 is 4.74 Å². The average Bonchev–Trinajstić information content (AvgIpc) is 2.36. The third kappa shape index (κ3) is 1.74. The number of ether oxygens (including phenoxy) is 1. The molecule has 0 heterocycles. The number of methoxy groups -OCH3 is 1. The Morgan fingerprint density at radius 1 is 1.00 bits per heavy atom. The second-order valence-corrected chi connectivity index (χ2v) is 7.78. The van der Waals surface area contributed by atoms with Crippen molar-refractivity contribution in [2.24, 2.45) is 17.3 Å². The van der Waals surface area contributed by atoms with Crippen molar-refractivity contribution >= 4 is 0 Å². The van der Waals surface area contributed by atoms with Gasteiger partial charge in [-0.25, -0.2) is 0 Å². The molecule has 102 valence electrons. The van der Waals surface area contributed by atoms with Crippen LogP contribution in [-0.2, 0) is 5.41 Å². The van der Waals surface area contributed by atoms with E-state index in [1.54, 1.807) is 12.7 Å². The van der Waals surface area contributed by atoms with E-state index in [0.717, 1.165) is 17.6 Å². The van der Waals surface area contributed by atoms with Crippen molar-refractivity contribution in [3.63, 3.8) is 0 Å². The van der Waals surface area contributed by atoms with Crippen molar-refractivity contribution in [3.05, 3.63) is 29.8 Å². The van der Waals surface area contributed by atoms with Gasteiger partial charge >= 0.3 is 0 Å². The van der Waals surface area contributed by atoms with Crippen LogP contribution in [0.3, 0.4) is 0 Å². The summed E-state index contributed by atoms with van der Waals surface area (Å²) >= 11 is 0. The molecule has 4 aliphatic rings. The van der Waals surface area contributed by atoms with Crippen molar-refractivity contribution in [2.45, 2.75) is 50.9 Å². The Morgan fingerprint density at radius 2 is 1.63 bits per heavy atom. The van der Waals surface area contributed by atoms with Gasteiger partial charge in [0, 0.05) is 0 Å². The molecule has 0 radical (unpaired) electrons. The molecule has 4 atom stereocenters. The highest BCUT2D eigenvalue weighted by molar-refractivity contribution is 5.35. The fraction of sp³-hybridized carbons (Fsp3) is 0.667. The van der Waals surface area contributed by atoms with Gasteiger partial charge < -0.3 is 4.74 Å². The topological polar surface area (TPSA) is 9.23 Å². The summed E-state index contributed by atoms with van der Waals surface area (Å²) < 4.78 is 5.31. The molecule has 4 aliphatic carbocycles. The smallest absolute Gasteiger partial charge is 0.118 e. The third-order valence-electron chi connectivity index (χ3n) is 6.06. The summed E-state index contributed by atoms with van der Waals surface area (Å²) in [5.74, 6) is 2.97. The molecule has 5 rings (SSSR count). The highest BCUT2D eigenvalue weighted by atomic mass is 16.5. The Bertz CT molecular complexity index is 473. The number of hydrogen-bond acceptors (Lipinski definition) is 1. The lowest BCUT2D eigenvalue weighted by Crippen LogP contribution is -2.52. The Kier molecular flexibility index (Phi) is 2.35. The first kappa shape index (κ1) is 11.8. The monoisotopic (exact) mass is 256 g/mol. The fourth-order valence-corrected chi connectivity index (χ4v) is 6.00. The van der Waals surface area contributed by atoms with E-state index in [1.165, 1.54) is 38.5 Å². The molecule has 0 N–H and O–H groups in total. The summed E-state index contributed by atoms with van der Waals surface area (Å²) in [6, 6.07) is 8.96. The van der Waals surface area contributed by atoms with Crippen molar-refractivity contribution in [3.8, 4) is 5.75 Å². The summed E-state index contributed by atoms with van der Waals surface area (Å²) in [5.41, 5.74) is 2.70. The molecule has 4 saturated carbocycles. The first-order chi connectivity index (χ1) is 9.11. The lowest BCUT2D eigenvalue weighted by Gasteiger charge is -2.61. The SMILES string of the molecule is COc1ccc(C23CC4C[C@@H](CC(C)(C4)C2)C3)cc1. The maximum absolute atomic E-state index is 5.31. The van der Waals surface area contributed by atoms with E-state index >= 15 is 0 Å². The minimum absolute atomic E-state index is 0.491. The summed E-state index contributed by atoms with van der Waals surface area (Å²) in [6.07, 6.45) is 8.77. The Labute approximate surface area is 116 Å². The molecule has 0 aliphatic heterocycles. The van der Waals surface area contributed by atoms with E-state index in [0.29, 0.717) is 10.8 Å². The molecule has 0 saturated heterocycles. The molecule has 4 fully saturated rings. The molecule has 1 heteroatoms. The van der Waals surface area contributed by atoms with Gasteiger partial charge in [0.25, 0.3) is 0 Å². The molecule has 0 spiro atoms. The molecule has 19 heavy (non-hydrogen) atoms. The third-order valence-corrected chi connectivity index (χ3v) is 6.06. The van der Waals surface area contributed by atoms with E-state index in [2.05, 4.69) is 31.2 Å². The van der Waals surface area contributed by atoms with Gasteiger partial charge in [-0.2, -0.15) is 0 Å². The molecule has 0 amide bonds. The second-order valence-electron chi connectivity index (χ2n) is 7.78. The van der Waals surface area contributed by atoms with Crippen LogP contribution in [0.25, 0.3) is 0 Å². The van der Waals surface area contributed by atoms with Crippen molar-refractivity contribution in [1.82, 2.24) is 0 Å². The number of benzene rings is 1. The number of hydrogen-bond donors (Lipinski definition) is 0. The molecule has 0 aromatic heterocycles. The summed E-state index contributed by atoms with van der Waals surface area (Å²) in [5, 5.41) is 0. The van der Waals surface area contributed by atoms with Crippen molar-refractivity contribution in [1.29, 1.82) is 0 Å². The summed E-state index contributed by atoms with van der Waals surface area (Å²) in [4.78, 5) is 0. The van der Waals surface area contributed by atoms with Crippen LogP contribution < -0.4 is 4.74 Å². The Hall–Kier alpha value is -0.980. The Balaban J connectivity index is 1.72. The van der Waals surface area contributed by atoms with Gasteiger partial charge in [0.05, 0.1) is 7.11 Å². The zero-order valence-corrected chi connectivity index (χ0v) is 12.1. The van der Waals surface area contributed by atoms with Gasteiger partial charge in [-0.1, -0.05) is 19.1 Å². The predicted molar refractivity (Wildman–Crippen MR) is 77.5 cm³/mol. The lowest BCUT2D eigenvalue weighted by atomic mass is 9.43. The van der Waals surface area contributed by atoms with Gasteiger partial charge in [-0.05, 0) is 78.9 Å². The highest BCUT2D eigenvalue weighted by Gasteiger charge is 2.56. The van der Waals surface area contributed by atoms with Gasteiger partial charge in [0.15, 0.2) is 0 Å². The van der Waals surface area contributed by atoms with Gasteiger partial charge in [-0.3, -0.25) is 0 Å². The van der Waals surface area contributed by atoms with Crippen molar-refractivity contribution in [2.75, 3.05) is 7.11 Å². The lowest BCUT2D eigenvalue weighted by molar-refractivity contribution is -0.0615. The zero-order valence-electron chi connectivity index (χ0n) is 12.1.